The third-order valence-electron chi connectivity index (χ3n) is 2.38. The molecule has 1 nitrogen and oxygen atoms in total. The van der Waals surface area contributed by atoms with Crippen LogP contribution in [-0.2, 0) is 6.54 Å². The molecule has 2 aromatic carbocycles. The van der Waals surface area contributed by atoms with Gasteiger partial charge in [-0.15, -0.1) is 0 Å². The fourth-order valence-corrected chi connectivity index (χ4v) is 2.03. The first-order valence-corrected chi connectivity index (χ1v) is 6.36. The molecule has 0 aliphatic heterocycles. The predicted octanol–water partition coefficient (Wildman–Crippen LogP) is 4.99. The molecule has 0 aliphatic carbocycles. The molecule has 0 bridgehead atoms. The Balaban J connectivity index is 2.13. The van der Waals surface area contributed by atoms with Gasteiger partial charge in [-0.1, -0.05) is 23.7 Å². The number of nitrogens with one attached hydrogen (secondary N) is 1. The summed E-state index contributed by atoms with van der Waals surface area (Å²) in [7, 11) is 0. The molecule has 0 spiro atoms. The van der Waals surface area contributed by atoms with E-state index in [1.54, 1.807) is 18.2 Å². The molecule has 0 atom stereocenters. The molecule has 0 unspecified atom stereocenters. The summed E-state index contributed by atoms with van der Waals surface area (Å²) in [5, 5.41) is 3.44. The van der Waals surface area contributed by atoms with Crippen LogP contribution < -0.4 is 5.32 Å². The van der Waals surface area contributed by atoms with E-state index in [1.807, 2.05) is 6.07 Å². The maximum Gasteiger partial charge on any atom is 0.147 e. The second kappa shape index (κ2) is 5.67. The van der Waals surface area contributed by atoms with Gasteiger partial charge in [0.25, 0.3) is 0 Å². The van der Waals surface area contributed by atoms with E-state index in [-0.39, 0.29) is 10.2 Å². The van der Waals surface area contributed by atoms with Crippen LogP contribution in [0.4, 0.5) is 14.5 Å². The highest BCUT2D eigenvalue weighted by Crippen LogP contribution is 2.24. The minimum absolute atomic E-state index is 0.105. The Kier molecular flexibility index (Phi) is 4.19. The quantitative estimate of drug-likeness (QED) is 0.781. The molecule has 2 aromatic rings. The number of anilines is 1. The summed E-state index contributed by atoms with van der Waals surface area (Å²) in [6.07, 6.45) is 0. The monoisotopic (exact) mass is 331 g/mol. The van der Waals surface area contributed by atoms with Crippen molar-refractivity contribution in [2.75, 3.05) is 5.32 Å². The van der Waals surface area contributed by atoms with Gasteiger partial charge in [0.15, 0.2) is 0 Å². The maximum atomic E-state index is 13.5. The van der Waals surface area contributed by atoms with E-state index >= 15 is 0 Å². The molecule has 2 rings (SSSR count). The highest BCUT2D eigenvalue weighted by atomic mass is 79.9. The van der Waals surface area contributed by atoms with E-state index < -0.39 is 11.6 Å². The van der Waals surface area contributed by atoms with Crippen molar-refractivity contribution in [1.29, 1.82) is 0 Å². The van der Waals surface area contributed by atoms with E-state index in [0.717, 1.165) is 17.7 Å². The zero-order chi connectivity index (χ0) is 13.1. The molecule has 0 saturated heterocycles. The second-order valence-electron chi connectivity index (χ2n) is 3.73. The first-order valence-electron chi connectivity index (χ1n) is 5.19. The summed E-state index contributed by atoms with van der Waals surface area (Å²) >= 11 is 8.76. The summed E-state index contributed by atoms with van der Waals surface area (Å²) < 4.78 is 26.9. The smallest absolute Gasteiger partial charge is 0.147 e. The van der Waals surface area contributed by atoms with Crippen molar-refractivity contribution >= 4 is 33.2 Å². The Morgan fingerprint density at radius 2 is 1.89 bits per heavy atom. The average molecular weight is 333 g/mol. The van der Waals surface area contributed by atoms with Crippen LogP contribution in [0.2, 0.25) is 5.02 Å². The van der Waals surface area contributed by atoms with Gasteiger partial charge in [0.05, 0.1) is 10.2 Å². The van der Waals surface area contributed by atoms with Crippen molar-refractivity contribution in [3.63, 3.8) is 0 Å². The minimum atomic E-state index is -0.509. The Bertz CT molecular complexity index is 575. The Labute approximate surface area is 117 Å². The molecular formula is C13H9BrClF2N. The molecule has 0 amide bonds. The van der Waals surface area contributed by atoms with E-state index in [0.29, 0.717) is 11.6 Å². The summed E-state index contributed by atoms with van der Waals surface area (Å²) in [6.45, 7) is 0.374. The molecule has 0 fully saturated rings. The summed E-state index contributed by atoms with van der Waals surface area (Å²) in [6, 6.07) is 9.38. The van der Waals surface area contributed by atoms with E-state index in [2.05, 4.69) is 21.2 Å². The van der Waals surface area contributed by atoms with Crippen molar-refractivity contribution in [3.05, 3.63) is 63.1 Å². The van der Waals surface area contributed by atoms with E-state index in [4.69, 9.17) is 11.6 Å². The first kappa shape index (κ1) is 13.3. The van der Waals surface area contributed by atoms with Gasteiger partial charge in [0.1, 0.15) is 11.6 Å². The average Bonchev–Trinajstić information content (AvgIpc) is 2.32. The standard InChI is InChI=1S/C13H9BrClF2N/c14-10-5-12(17)13(6-11(10)16)18-7-8-2-1-3-9(15)4-8/h1-6,18H,7H2. The van der Waals surface area contributed by atoms with Gasteiger partial charge in [-0.25, -0.2) is 8.78 Å². The van der Waals surface area contributed by atoms with Crippen LogP contribution in [0.3, 0.4) is 0 Å². The SMILES string of the molecule is Fc1cc(NCc2cccc(Cl)c2)c(F)cc1Br. The topological polar surface area (TPSA) is 12.0 Å². The molecule has 18 heavy (non-hydrogen) atoms. The van der Waals surface area contributed by atoms with E-state index in [9.17, 15) is 8.78 Å². The van der Waals surface area contributed by atoms with Crippen LogP contribution in [0.1, 0.15) is 5.56 Å². The number of benzene rings is 2. The molecule has 0 radical (unpaired) electrons. The van der Waals surface area contributed by atoms with Crippen LogP contribution >= 0.6 is 27.5 Å². The number of hydrogen-bond acceptors (Lipinski definition) is 1. The highest BCUT2D eigenvalue weighted by Gasteiger charge is 2.07. The van der Waals surface area contributed by atoms with Crippen LogP contribution in [0.15, 0.2) is 40.9 Å². The van der Waals surface area contributed by atoms with Gasteiger partial charge in [-0.3, -0.25) is 0 Å². The molecule has 0 aromatic heterocycles. The number of hydrogen-bond donors (Lipinski definition) is 1. The molecule has 94 valence electrons. The Morgan fingerprint density at radius 3 is 2.61 bits per heavy atom. The minimum Gasteiger partial charge on any atom is -0.379 e. The third-order valence-corrected chi connectivity index (χ3v) is 3.22. The van der Waals surface area contributed by atoms with Crippen molar-refractivity contribution in [1.82, 2.24) is 0 Å². The normalized spacial score (nSPS) is 10.4. The lowest BCUT2D eigenvalue weighted by Gasteiger charge is -2.09. The summed E-state index contributed by atoms with van der Waals surface area (Å²) in [5.74, 6) is -1.02. The molecule has 5 heteroatoms. The third kappa shape index (κ3) is 3.21. The van der Waals surface area contributed by atoms with Crippen molar-refractivity contribution in [3.8, 4) is 0 Å². The van der Waals surface area contributed by atoms with Gasteiger partial charge >= 0.3 is 0 Å². The van der Waals surface area contributed by atoms with E-state index in [1.165, 1.54) is 0 Å². The van der Waals surface area contributed by atoms with Gasteiger partial charge in [-0.2, -0.15) is 0 Å². The fraction of sp³-hybridized carbons (Fsp3) is 0.0769. The zero-order valence-electron chi connectivity index (χ0n) is 9.18. The lowest BCUT2D eigenvalue weighted by Crippen LogP contribution is -2.02. The van der Waals surface area contributed by atoms with Gasteiger partial charge in [0.2, 0.25) is 0 Å². The molecule has 0 heterocycles. The first-order chi connectivity index (χ1) is 8.56. The maximum absolute atomic E-state index is 13.5. The lowest BCUT2D eigenvalue weighted by atomic mass is 10.2. The van der Waals surface area contributed by atoms with Gasteiger partial charge in [0, 0.05) is 17.6 Å². The summed E-state index contributed by atoms with van der Waals surface area (Å²) in [4.78, 5) is 0. The molecule has 0 aliphatic rings. The molecule has 0 saturated carbocycles. The highest BCUT2D eigenvalue weighted by molar-refractivity contribution is 9.10. The van der Waals surface area contributed by atoms with Crippen LogP contribution in [0.25, 0.3) is 0 Å². The molecular weight excluding hydrogens is 324 g/mol. The Morgan fingerprint density at radius 1 is 1.11 bits per heavy atom. The molecule has 1 N–H and O–H groups in total. The van der Waals surface area contributed by atoms with Crippen molar-refractivity contribution < 1.29 is 8.78 Å². The van der Waals surface area contributed by atoms with Crippen LogP contribution in [0, 0.1) is 11.6 Å². The lowest BCUT2D eigenvalue weighted by molar-refractivity contribution is 0.596. The van der Waals surface area contributed by atoms with Crippen molar-refractivity contribution in [2.24, 2.45) is 0 Å². The second-order valence-corrected chi connectivity index (χ2v) is 5.02. The van der Waals surface area contributed by atoms with Crippen molar-refractivity contribution in [2.45, 2.75) is 6.54 Å². The number of rotatable bonds is 3. The predicted molar refractivity (Wildman–Crippen MR) is 72.8 cm³/mol. The Hall–Kier alpha value is -1.13. The zero-order valence-corrected chi connectivity index (χ0v) is 11.5. The van der Waals surface area contributed by atoms with Crippen LogP contribution in [-0.4, -0.2) is 0 Å². The largest absolute Gasteiger partial charge is 0.379 e. The van der Waals surface area contributed by atoms with Gasteiger partial charge < -0.3 is 5.32 Å². The summed E-state index contributed by atoms with van der Waals surface area (Å²) in [5.41, 5.74) is 1.01. The van der Waals surface area contributed by atoms with Gasteiger partial charge in [-0.05, 0) is 39.7 Å². The fourth-order valence-electron chi connectivity index (χ4n) is 1.50. The number of halogens is 4. The van der Waals surface area contributed by atoms with Crippen LogP contribution in [0.5, 0.6) is 0 Å².